The minimum absolute atomic E-state index is 0.248. The van der Waals surface area contributed by atoms with Crippen molar-refractivity contribution >= 4 is 0 Å². The highest BCUT2D eigenvalue weighted by atomic mass is 16.5. The quantitative estimate of drug-likeness (QED) is 0.738. The third kappa shape index (κ3) is 4.17. The van der Waals surface area contributed by atoms with E-state index in [0.29, 0.717) is 0 Å². The van der Waals surface area contributed by atoms with E-state index in [2.05, 4.69) is 17.1 Å². The zero-order chi connectivity index (χ0) is 14.4. The van der Waals surface area contributed by atoms with Crippen LogP contribution >= 0.6 is 0 Å². The van der Waals surface area contributed by atoms with Crippen LogP contribution in [-0.4, -0.2) is 63.5 Å². The van der Waals surface area contributed by atoms with Gasteiger partial charge in [0.1, 0.15) is 0 Å². The van der Waals surface area contributed by atoms with E-state index in [1.54, 1.807) is 14.2 Å². The van der Waals surface area contributed by atoms with E-state index in [1.165, 1.54) is 45.2 Å². The molecule has 0 aromatic heterocycles. The number of likely N-dealkylation sites (tertiary alicyclic amines) is 1. The average molecular weight is 284 g/mol. The summed E-state index contributed by atoms with van der Waals surface area (Å²) in [5.74, 6) is 0.865. The summed E-state index contributed by atoms with van der Waals surface area (Å²) in [6, 6.07) is 0.758. The molecule has 4 heteroatoms. The first kappa shape index (κ1) is 16.2. The molecule has 0 bridgehead atoms. The van der Waals surface area contributed by atoms with Crippen molar-refractivity contribution in [3.63, 3.8) is 0 Å². The zero-order valence-electron chi connectivity index (χ0n) is 13.4. The predicted molar refractivity (Wildman–Crippen MR) is 82.1 cm³/mol. The lowest BCUT2D eigenvalue weighted by atomic mass is 9.99. The molecule has 2 aliphatic rings. The molecule has 4 unspecified atom stereocenters. The standard InChI is InChI=1S/C16H32N2O2/c1-4-9-17-14-7-5-6-13(14)8-10-18-11-15(19-2)16(12-18)20-3/h13-17H,4-12H2,1-3H3. The fourth-order valence-corrected chi connectivity index (χ4v) is 3.78. The Kier molecular flexibility index (Phi) is 6.75. The Morgan fingerprint density at radius 3 is 2.40 bits per heavy atom. The van der Waals surface area contributed by atoms with Gasteiger partial charge < -0.3 is 14.8 Å². The smallest absolute Gasteiger partial charge is 0.0971 e. The van der Waals surface area contributed by atoms with Crippen molar-refractivity contribution < 1.29 is 9.47 Å². The van der Waals surface area contributed by atoms with E-state index in [1.807, 2.05) is 0 Å². The van der Waals surface area contributed by atoms with Crippen molar-refractivity contribution in [3.05, 3.63) is 0 Å². The van der Waals surface area contributed by atoms with Gasteiger partial charge in [0.25, 0.3) is 0 Å². The molecule has 0 aromatic rings. The molecular formula is C16H32N2O2. The highest BCUT2D eigenvalue weighted by Gasteiger charge is 2.34. The summed E-state index contributed by atoms with van der Waals surface area (Å²) in [4.78, 5) is 2.51. The second-order valence-corrected chi connectivity index (χ2v) is 6.35. The van der Waals surface area contributed by atoms with Crippen molar-refractivity contribution in [2.75, 3.05) is 40.4 Å². The monoisotopic (exact) mass is 284 g/mol. The largest absolute Gasteiger partial charge is 0.377 e. The summed E-state index contributed by atoms with van der Waals surface area (Å²) >= 11 is 0. The van der Waals surface area contributed by atoms with Crippen LogP contribution in [0, 0.1) is 5.92 Å². The van der Waals surface area contributed by atoms with Crippen LogP contribution in [0.5, 0.6) is 0 Å². The fourth-order valence-electron chi connectivity index (χ4n) is 3.78. The van der Waals surface area contributed by atoms with Crippen LogP contribution in [0.4, 0.5) is 0 Å². The van der Waals surface area contributed by atoms with E-state index in [9.17, 15) is 0 Å². The normalized spacial score (nSPS) is 35.0. The van der Waals surface area contributed by atoms with E-state index in [0.717, 1.165) is 25.0 Å². The summed E-state index contributed by atoms with van der Waals surface area (Å²) < 4.78 is 11.0. The molecule has 118 valence electrons. The number of methoxy groups -OCH3 is 2. The maximum Gasteiger partial charge on any atom is 0.0971 e. The molecule has 0 aromatic carbocycles. The molecule has 1 saturated heterocycles. The van der Waals surface area contributed by atoms with Gasteiger partial charge in [-0.1, -0.05) is 13.3 Å². The summed E-state index contributed by atoms with van der Waals surface area (Å²) in [6.45, 7) is 6.65. The lowest BCUT2D eigenvalue weighted by Gasteiger charge is -2.23. The molecule has 2 rings (SSSR count). The maximum absolute atomic E-state index is 5.51. The number of hydrogen-bond acceptors (Lipinski definition) is 4. The van der Waals surface area contributed by atoms with Gasteiger partial charge in [-0.05, 0) is 44.7 Å². The Morgan fingerprint density at radius 1 is 1.10 bits per heavy atom. The van der Waals surface area contributed by atoms with Gasteiger partial charge in [0.05, 0.1) is 12.2 Å². The number of rotatable bonds is 8. The SMILES string of the molecule is CCCNC1CCCC1CCN1CC(OC)C(OC)C1. The van der Waals surface area contributed by atoms with Gasteiger partial charge in [0.2, 0.25) is 0 Å². The first-order valence-electron chi connectivity index (χ1n) is 8.29. The fraction of sp³-hybridized carbons (Fsp3) is 1.00. The first-order valence-corrected chi connectivity index (χ1v) is 8.29. The van der Waals surface area contributed by atoms with Crippen LogP contribution in [0.1, 0.15) is 39.0 Å². The van der Waals surface area contributed by atoms with Crippen LogP contribution in [-0.2, 0) is 9.47 Å². The Bertz CT molecular complexity index is 263. The van der Waals surface area contributed by atoms with Gasteiger partial charge in [-0.2, -0.15) is 0 Å². The molecule has 1 N–H and O–H groups in total. The highest BCUT2D eigenvalue weighted by molar-refractivity contribution is 4.88. The average Bonchev–Trinajstić information content (AvgIpc) is 3.08. The molecule has 1 saturated carbocycles. The Balaban J connectivity index is 1.72. The van der Waals surface area contributed by atoms with Crippen molar-refractivity contribution in [2.45, 2.75) is 57.3 Å². The number of nitrogens with zero attached hydrogens (tertiary/aromatic N) is 1. The number of hydrogen-bond donors (Lipinski definition) is 1. The Morgan fingerprint density at radius 2 is 1.80 bits per heavy atom. The van der Waals surface area contributed by atoms with Gasteiger partial charge in [0, 0.05) is 33.4 Å². The molecule has 2 fully saturated rings. The molecule has 4 nitrogen and oxygen atoms in total. The lowest BCUT2D eigenvalue weighted by Crippen LogP contribution is -2.35. The van der Waals surface area contributed by atoms with Gasteiger partial charge in [0.15, 0.2) is 0 Å². The summed E-state index contributed by atoms with van der Waals surface area (Å²) in [5, 5.41) is 3.73. The van der Waals surface area contributed by atoms with Crippen LogP contribution in [0.2, 0.25) is 0 Å². The van der Waals surface area contributed by atoms with Crippen molar-refractivity contribution in [1.82, 2.24) is 10.2 Å². The summed E-state index contributed by atoms with van der Waals surface area (Å²) in [5.41, 5.74) is 0. The second-order valence-electron chi connectivity index (χ2n) is 6.35. The third-order valence-electron chi connectivity index (χ3n) is 5.03. The number of nitrogens with one attached hydrogen (secondary N) is 1. The van der Waals surface area contributed by atoms with E-state index in [-0.39, 0.29) is 12.2 Å². The predicted octanol–water partition coefficient (Wildman–Crippen LogP) is 1.89. The van der Waals surface area contributed by atoms with Crippen LogP contribution in [0.15, 0.2) is 0 Å². The molecule has 1 aliphatic heterocycles. The van der Waals surface area contributed by atoms with Gasteiger partial charge in [-0.15, -0.1) is 0 Å². The van der Waals surface area contributed by atoms with Crippen molar-refractivity contribution in [2.24, 2.45) is 5.92 Å². The summed E-state index contributed by atoms with van der Waals surface area (Å²) in [6.07, 6.45) is 7.21. The van der Waals surface area contributed by atoms with Crippen LogP contribution < -0.4 is 5.32 Å². The van der Waals surface area contributed by atoms with E-state index >= 15 is 0 Å². The molecular weight excluding hydrogens is 252 g/mol. The zero-order valence-corrected chi connectivity index (χ0v) is 13.4. The maximum atomic E-state index is 5.51. The van der Waals surface area contributed by atoms with E-state index < -0.39 is 0 Å². The van der Waals surface area contributed by atoms with Crippen LogP contribution in [0.3, 0.4) is 0 Å². The van der Waals surface area contributed by atoms with E-state index in [4.69, 9.17) is 9.47 Å². The molecule has 1 heterocycles. The van der Waals surface area contributed by atoms with Crippen molar-refractivity contribution in [1.29, 1.82) is 0 Å². The lowest BCUT2D eigenvalue weighted by molar-refractivity contribution is -0.00461. The summed E-state index contributed by atoms with van der Waals surface area (Å²) in [7, 11) is 3.59. The molecule has 0 spiro atoms. The molecule has 4 atom stereocenters. The molecule has 1 aliphatic carbocycles. The molecule has 0 radical (unpaired) electrons. The van der Waals surface area contributed by atoms with Gasteiger partial charge >= 0.3 is 0 Å². The second kappa shape index (κ2) is 8.32. The minimum Gasteiger partial charge on any atom is -0.377 e. The minimum atomic E-state index is 0.248. The van der Waals surface area contributed by atoms with Gasteiger partial charge in [-0.25, -0.2) is 0 Å². The molecule has 20 heavy (non-hydrogen) atoms. The first-order chi connectivity index (χ1) is 9.78. The Labute approximate surface area is 124 Å². The topological polar surface area (TPSA) is 33.7 Å². The Hall–Kier alpha value is -0.160. The van der Waals surface area contributed by atoms with Gasteiger partial charge in [-0.3, -0.25) is 4.90 Å². The van der Waals surface area contributed by atoms with Crippen LogP contribution in [0.25, 0.3) is 0 Å². The van der Waals surface area contributed by atoms with Crippen molar-refractivity contribution in [3.8, 4) is 0 Å². The highest BCUT2D eigenvalue weighted by Crippen LogP contribution is 2.29. The molecule has 0 amide bonds. The third-order valence-corrected chi connectivity index (χ3v) is 5.03. The number of ether oxygens (including phenoxy) is 2.